The molecule has 0 aromatic heterocycles. The summed E-state index contributed by atoms with van der Waals surface area (Å²) in [6, 6.07) is -0.175. The van der Waals surface area contributed by atoms with E-state index < -0.39 is 5.60 Å². The molecule has 5 heteroatoms. The molecule has 0 aliphatic heterocycles. The van der Waals surface area contributed by atoms with Crippen molar-refractivity contribution < 1.29 is 14.3 Å². The topological polar surface area (TPSA) is 73.6 Å². The van der Waals surface area contributed by atoms with Crippen LogP contribution in [0.4, 0.5) is 4.79 Å². The van der Waals surface area contributed by atoms with Crippen LogP contribution in [0.25, 0.3) is 0 Å². The molecular formula is C16H32N2O3. The van der Waals surface area contributed by atoms with E-state index >= 15 is 0 Å². The molecule has 0 fully saturated rings. The highest BCUT2D eigenvalue weighted by Crippen LogP contribution is 2.16. The molecule has 0 aromatic carbocycles. The maximum Gasteiger partial charge on any atom is 0.407 e. The van der Waals surface area contributed by atoms with Gasteiger partial charge in [-0.2, -0.15) is 0 Å². The monoisotopic (exact) mass is 300 g/mol. The number of carbonyl (C=O) groups is 1. The Labute approximate surface area is 129 Å². The third kappa shape index (κ3) is 12.2. The Kier molecular flexibility index (Phi) is 7.79. The number of carbonyl (C=O) groups excluding carboxylic acids is 1. The lowest BCUT2D eigenvalue weighted by Crippen LogP contribution is -2.33. The second-order valence-corrected chi connectivity index (χ2v) is 7.21. The van der Waals surface area contributed by atoms with Gasteiger partial charge in [-0.1, -0.05) is 6.58 Å². The standard InChI is InChI=1S/C16H32N2O3/c1-12(20-15(2,3)4)13(17)10-8-9-11-18-14(19)21-16(5,6)7/h13H,1,8-11,17H2,2-7H3,(H,18,19)/t13-/m0/s1. The SMILES string of the molecule is C=C(OC(C)(C)C)[C@@H](N)CCCCNC(=O)OC(C)(C)C. The van der Waals surface area contributed by atoms with Crippen LogP contribution in [0.2, 0.25) is 0 Å². The van der Waals surface area contributed by atoms with Crippen molar-refractivity contribution in [1.82, 2.24) is 5.32 Å². The number of alkyl carbamates (subject to hydrolysis) is 1. The van der Waals surface area contributed by atoms with Crippen LogP contribution in [0.5, 0.6) is 0 Å². The molecule has 0 saturated heterocycles. The van der Waals surface area contributed by atoms with Crippen molar-refractivity contribution in [2.75, 3.05) is 6.54 Å². The van der Waals surface area contributed by atoms with Gasteiger partial charge in [0.25, 0.3) is 0 Å². The molecule has 1 atom stereocenters. The predicted octanol–water partition coefficient (Wildman–Crippen LogP) is 3.34. The summed E-state index contributed by atoms with van der Waals surface area (Å²) in [7, 11) is 0. The van der Waals surface area contributed by atoms with Crippen molar-refractivity contribution in [2.24, 2.45) is 5.73 Å². The largest absolute Gasteiger partial charge is 0.491 e. The maximum absolute atomic E-state index is 11.4. The molecule has 1 amide bonds. The van der Waals surface area contributed by atoms with Crippen LogP contribution in [0.1, 0.15) is 60.8 Å². The summed E-state index contributed by atoms with van der Waals surface area (Å²) in [5, 5.41) is 2.72. The lowest BCUT2D eigenvalue weighted by atomic mass is 10.1. The summed E-state index contributed by atoms with van der Waals surface area (Å²) in [6.07, 6.45) is 2.14. The average Bonchev–Trinajstić information content (AvgIpc) is 2.23. The molecule has 0 aliphatic carbocycles. The summed E-state index contributed by atoms with van der Waals surface area (Å²) in [5.41, 5.74) is 5.28. The first-order valence-electron chi connectivity index (χ1n) is 7.51. The Bertz CT molecular complexity index is 340. The Balaban J connectivity index is 3.76. The van der Waals surface area contributed by atoms with Crippen molar-refractivity contribution in [1.29, 1.82) is 0 Å². The Morgan fingerprint density at radius 2 is 1.62 bits per heavy atom. The van der Waals surface area contributed by atoms with Crippen LogP contribution < -0.4 is 11.1 Å². The van der Waals surface area contributed by atoms with Gasteiger partial charge in [-0.25, -0.2) is 4.79 Å². The number of hydrogen-bond acceptors (Lipinski definition) is 4. The number of unbranched alkanes of at least 4 members (excludes halogenated alkanes) is 1. The highest BCUT2D eigenvalue weighted by molar-refractivity contribution is 5.67. The summed E-state index contributed by atoms with van der Waals surface area (Å²) < 4.78 is 10.8. The minimum atomic E-state index is -0.464. The first kappa shape index (κ1) is 19.8. The van der Waals surface area contributed by atoms with Crippen molar-refractivity contribution in [3.05, 3.63) is 12.3 Å². The van der Waals surface area contributed by atoms with E-state index in [9.17, 15) is 4.79 Å². The van der Waals surface area contributed by atoms with Gasteiger partial charge in [-0.15, -0.1) is 0 Å². The van der Waals surface area contributed by atoms with Crippen LogP contribution in [0, 0.1) is 0 Å². The third-order valence-electron chi connectivity index (χ3n) is 2.46. The molecule has 0 saturated carbocycles. The van der Waals surface area contributed by atoms with Crippen LogP contribution >= 0.6 is 0 Å². The van der Waals surface area contributed by atoms with Crippen molar-refractivity contribution in [3.8, 4) is 0 Å². The summed E-state index contributed by atoms with van der Waals surface area (Å²) >= 11 is 0. The predicted molar refractivity (Wildman–Crippen MR) is 86.0 cm³/mol. The van der Waals surface area contributed by atoms with Gasteiger partial charge < -0.3 is 20.5 Å². The third-order valence-corrected chi connectivity index (χ3v) is 2.46. The molecule has 0 bridgehead atoms. The quantitative estimate of drug-likeness (QED) is 0.558. The van der Waals surface area contributed by atoms with Crippen LogP contribution in [0.15, 0.2) is 12.3 Å². The van der Waals surface area contributed by atoms with Crippen LogP contribution in [-0.4, -0.2) is 29.9 Å². The molecule has 0 aliphatic rings. The Morgan fingerprint density at radius 1 is 1.10 bits per heavy atom. The van der Waals surface area contributed by atoms with Gasteiger partial charge in [0.15, 0.2) is 0 Å². The second kappa shape index (κ2) is 8.27. The van der Waals surface area contributed by atoms with E-state index in [1.807, 2.05) is 41.5 Å². The minimum absolute atomic E-state index is 0.175. The second-order valence-electron chi connectivity index (χ2n) is 7.21. The molecule has 0 spiro atoms. The van der Waals surface area contributed by atoms with Gasteiger partial charge in [0.2, 0.25) is 0 Å². The lowest BCUT2D eigenvalue weighted by molar-refractivity contribution is 0.0424. The van der Waals surface area contributed by atoms with E-state index in [2.05, 4.69) is 11.9 Å². The fraction of sp³-hybridized carbons (Fsp3) is 0.812. The van der Waals surface area contributed by atoms with E-state index in [1.54, 1.807) is 0 Å². The van der Waals surface area contributed by atoms with Gasteiger partial charge in [0.1, 0.15) is 17.0 Å². The molecule has 0 radical (unpaired) electrons. The molecule has 0 aromatic rings. The van der Waals surface area contributed by atoms with Crippen LogP contribution in [-0.2, 0) is 9.47 Å². The number of amides is 1. The summed E-state index contributed by atoms with van der Waals surface area (Å²) in [5.74, 6) is 0.614. The molecule has 0 heterocycles. The zero-order valence-corrected chi connectivity index (χ0v) is 14.4. The van der Waals surface area contributed by atoms with E-state index in [0.29, 0.717) is 12.3 Å². The molecule has 0 rings (SSSR count). The molecule has 124 valence electrons. The van der Waals surface area contributed by atoms with Crippen molar-refractivity contribution in [2.45, 2.75) is 78.0 Å². The highest BCUT2D eigenvalue weighted by atomic mass is 16.6. The van der Waals surface area contributed by atoms with E-state index in [4.69, 9.17) is 15.2 Å². The first-order chi connectivity index (χ1) is 9.41. The normalized spacial score (nSPS) is 13.5. The van der Waals surface area contributed by atoms with E-state index in [1.165, 1.54) is 0 Å². The lowest BCUT2D eigenvalue weighted by Gasteiger charge is -2.26. The van der Waals surface area contributed by atoms with Gasteiger partial charge in [-0.3, -0.25) is 0 Å². The Morgan fingerprint density at radius 3 is 2.10 bits per heavy atom. The number of nitrogens with two attached hydrogens (primary N) is 1. The van der Waals surface area contributed by atoms with Crippen LogP contribution in [0.3, 0.4) is 0 Å². The number of ether oxygens (including phenoxy) is 2. The van der Waals surface area contributed by atoms with Crippen molar-refractivity contribution >= 4 is 6.09 Å². The first-order valence-corrected chi connectivity index (χ1v) is 7.51. The van der Waals surface area contributed by atoms with E-state index in [0.717, 1.165) is 19.3 Å². The number of nitrogens with one attached hydrogen (secondary N) is 1. The zero-order chi connectivity index (χ0) is 16.7. The van der Waals surface area contributed by atoms with Gasteiger partial charge in [-0.05, 0) is 60.8 Å². The summed E-state index contributed by atoms with van der Waals surface area (Å²) in [6.45, 7) is 15.9. The molecule has 5 nitrogen and oxygen atoms in total. The van der Waals surface area contributed by atoms with Crippen molar-refractivity contribution in [3.63, 3.8) is 0 Å². The summed E-state index contributed by atoms with van der Waals surface area (Å²) in [4.78, 5) is 11.4. The van der Waals surface area contributed by atoms with Gasteiger partial charge in [0.05, 0.1) is 6.04 Å². The minimum Gasteiger partial charge on any atom is -0.491 e. The fourth-order valence-electron chi connectivity index (χ4n) is 1.62. The smallest absolute Gasteiger partial charge is 0.407 e. The van der Waals surface area contributed by atoms with Gasteiger partial charge in [0, 0.05) is 6.54 Å². The average molecular weight is 300 g/mol. The zero-order valence-electron chi connectivity index (χ0n) is 14.4. The van der Waals surface area contributed by atoms with Gasteiger partial charge >= 0.3 is 6.09 Å². The molecule has 21 heavy (non-hydrogen) atoms. The molecule has 3 N–H and O–H groups in total. The fourth-order valence-corrected chi connectivity index (χ4v) is 1.62. The number of hydrogen-bond donors (Lipinski definition) is 2. The highest BCUT2D eigenvalue weighted by Gasteiger charge is 2.17. The molecule has 0 unspecified atom stereocenters. The maximum atomic E-state index is 11.4. The molecular weight excluding hydrogens is 268 g/mol. The van der Waals surface area contributed by atoms with E-state index in [-0.39, 0.29) is 17.7 Å². The number of rotatable bonds is 7. The Hall–Kier alpha value is -1.23.